The number of aryl methyl sites for hydroxylation is 2. The highest BCUT2D eigenvalue weighted by Crippen LogP contribution is 2.39. The number of halogens is 1. The van der Waals surface area contributed by atoms with Gasteiger partial charge in [-0.2, -0.15) is 0 Å². The lowest BCUT2D eigenvalue weighted by Crippen LogP contribution is -2.27. The molecule has 0 aromatic heterocycles. The summed E-state index contributed by atoms with van der Waals surface area (Å²) in [5, 5.41) is 10.9. The van der Waals surface area contributed by atoms with Crippen LogP contribution in [0, 0.1) is 13.8 Å². The first-order valence-electron chi connectivity index (χ1n) is 6.84. The molecule has 0 saturated heterocycles. The van der Waals surface area contributed by atoms with E-state index >= 15 is 0 Å². The highest BCUT2D eigenvalue weighted by molar-refractivity contribution is 9.10. The van der Waals surface area contributed by atoms with E-state index in [9.17, 15) is 5.11 Å². The molecule has 0 bridgehead atoms. The molecule has 2 aromatic rings. The molecule has 0 fully saturated rings. The fourth-order valence-corrected chi connectivity index (χ4v) is 2.97. The van der Waals surface area contributed by atoms with E-state index in [0.29, 0.717) is 0 Å². The van der Waals surface area contributed by atoms with Crippen LogP contribution in [0.3, 0.4) is 0 Å². The molecule has 1 unspecified atom stereocenters. The van der Waals surface area contributed by atoms with Crippen molar-refractivity contribution in [3.8, 4) is 0 Å². The third kappa shape index (κ3) is 2.82. The van der Waals surface area contributed by atoms with E-state index in [-0.39, 0.29) is 5.41 Å². The first-order valence-corrected chi connectivity index (χ1v) is 7.63. The molecule has 1 nitrogen and oxygen atoms in total. The summed E-state index contributed by atoms with van der Waals surface area (Å²) in [6.45, 7) is 8.27. The van der Waals surface area contributed by atoms with Gasteiger partial charge in [0.05, 0.1) is 6.10 Å². The summed E-state index contributed by atoms with van der Waals surface area (Å²) in [4.78, 5) is 0. The molecule has 1 atom stereocenters. The molecule has 0 aliphatic heterocycles. The largest absolute Gasteiger partial charge is 0.387 e. The predicted molar refractivity (Wildman–Crippen MR) is 88.0 cm³/mol. The van der Waals surface area contributed by atoms with Gasteiger partial charge in [0.15, 0.2) is 0 Å². The summed E-state index contributed by atoms with van der Waals surface area (Å²) >= 11 is 3.54. The zero-order valence-electron chi connectivity index (χ0n) is 12.4. The Kier molecular flexibility index (Phi) is 4.36. The smallest absolute Gasteiger partial charge is 0.0883 e. The molecule has 2 heteroatoms. The van der Waals surface area contributed by atoms with E-state index in [2.05, 4.69) is 61.0 Å². The van der Waals surface area contributed by atoms with Crippen molar-refractivity contribution >= 4 is 15.9 Å². The van der Waals surface area contributed by atoms with Gasteiger partial charge >= 0.3 is 0 Å². The standard InChI is InChI=1S/C18H21BrO/c1-12-11-16(19)13(2)10-15(12)17(20)18(3,4)14-8-6-5-7-9-14/h5-11,17,20H,1-4H3. The van der Waals surface area contributed by atoms with Gasteiger partial charge in [0.1, 0.15) is 0 Å². The predicted octanol–water partition coefficient (Wildman–Crippen LogP) is 5.08. The van der Waals surface area contributed by atoms with Crippen molar-refractivity contribution in [3.63, 3.8) is 0 Å². The summed E-state index contributed by atoms with van der Waals surface area (Å²) in [6, 6.07) is 14.3. The molecular weight excluding hydrogens is 312 g/mol. The minimum atomic E-state index is -0.531. The minimum Gasteiger partial charge on any atom is -0.387 e. The van der Waals surface area contributed by atoms with Crippen molar-refractivity contribution in [2.75, 3.05) is 0 Å². The van der Waals surface area contributed by atoms with E-state index < -0.39 is 6.10 Å². The second kappa shape index (κ2) is 5.71. The van der Waals surface area contributed by atoms with Crippen molar-refractivity contribution in [1.29, 1.82) is 0 Å². The van der Waals surface area contributed by atoms with Gasteiger partial charge in [-0.25, -0.2) is 0 Å². The summed E-state index contributed by atoms with van der Waals surface area (Å²) < 4.78 is 1.09. The van der Waals surface area contributed by atoms with E-state index in [4.69, 9.17) is 0 Å². The molecule has 0 amide bonds. The van der Waals surface area contributed by atoms with E-state index in [1.54, 1.807) is 0 Å². The lowest BCUT2D eigenvalue weighted by molar-refractivity contribution is 0.0996. The van der Waals surface area contributed by atoms with Crippen LogP contribution in [0.4, 0.5) is 0 Å². The van der Waals surface area contributed by atoms with Gasteiger partial charge in [0, 0.05) is 9.89 Å². The van der Waals surface area contributed by atoms with E-state index in [1.165, 1.54) is 0 Å². The second-order valence-electron chi connectivity index (χ2n) is 5.95. The van der Waals surface area contributed by atoms with Crippen molar-refractivity contribution in [2.45, 2.75) is 39.2 Å². The van der Waals surface area contributed by atoms with Gasteiger partial charge in [0.25, 0.3) is 0 Å². The molecule has 106 valence electrons. The molecule has 1 N–H and O–H groups in total. The van der Waals surface area contributed by atoms with Crippen LogP contribution in [0.25, 0.3) is 0 Å². The summed E-state index contributed by atoms with van der Waals surface area (Å²) in [7, 11) is 0. The fraction of sp³-hybridized carbons (Fsp3) is 0.333. The highest BCUT2D eigenvalue weighted by Gasteiger charge is 2.32. The van der Waals surface area contributed by atoms with E-state index in [1.807, 2.05) is 25.1 Å². The molecular formula is C18H21BrO. The average Bonchev–Trinajstić information content (AvgIpc) is 2.43. The summed E-state index contributed by atoms with van der Waals surface area (Å²) in [5.41, 5.74) is 4.08. The normalized spacial score (nSPS) is 13.3. The lowest BCUT2D eigenvalue weighted by Gasteiger charge is -2.32. The Morgan fingerprint density at radius 2 is 1.60 bits per heavy atom. The van der Waals surface area contributed by atoms with Crippen LogP contribution in [-0.4, -0.2) is 5.11 Å². The van der Waals surface area contributed by atoms with Crippen LogP contribution in [0.15, 0.2) is 46.9 Å². The Morgan fingerprint density at radius 1 is 1.00 bits per heavy atom. The molecule has 2 aromatic carbocycles. The molecule has 2 rings (SSSR count). The van der Waals surface area contributed by atoms with Gasteiger partial charge in [0.2, 0.25) is 0 Å². The van der Waals surface area contributed by atoms with Gasteiger partial charge in [-0.05, 0) is 42.2 Å². The van der Waals surface area contributed by atoms with Gasteiger partial charge < -0.3 is 5.11 Å². The maximum absolute atomic E-state index is 10.9. The molecule has 0 radical (unpaired) electrons. The Morgan fingerprint density at radius 3 is 2.20 bits per heavy atom. The molecule has 0 spiro atoms. The highest BCUT2D eigenvalue weighted by atomic mass is 79.9. The van der Waals surface area contributed by atoms with Crippen LogP contribution in [0.2, 0.25) is 0 Å². The number of hydrogen-bond acceptors (Lipinski definition) is 1. The maximum atomic E-state index is 10.9. The first kappa shape index (κ1) is 15.3. The molecule has 0 saturated carbocycles. The molecule has 0 heterocycles. The van der Waals surface area contributed by atoms with Gasteiger partial charge in [-0.3, -0.25) is 0 Å². The summed E-state index contributed by atoms with van der Waals surface area (Å²) in [5.74, 6) is 0. The maximum Gasteiger partial charge on any atom is 0.0883 e. The monoisotopic (exact) mass is 332 g/mol. The molecule has 0 aliphatic rings. The fourth-order valence-electron chi connectivity index (χ4n) is 2.51. The van der Waals surface area contributed by atoms with Gasteiger partial charge in [-0.1, -0.05) is 66.2 Å². The van der Waals surface area contributed by atoms with Crippen LogP contribution in [-0.2, 0) is 5.41 Å². The SMILES string of the molecule is Cc1cc(C(O)C(C)(C)c2ccccc2)c(C)cc1Br. The molecule has 20 heavy (non-hydrogen) atoms. The minimum absolute atomic E-state index is 0.327. The average molecular weight is 333 g/mol. The van der Waals surface area contributed by atoms with E-state index in [0.717, 1.165) is 26.7 Å². The third-order valence-electron chi connectivity index (χ3n) is 4.04. The Balaban J connectivity index is 2.45. The summed E-state index contributed by atoms with van der Waals surface area (Å²) in [6.07, 6.45) is -0.531. The number of aliphatic hydroxyl groups is 1. The van der Waals surface area contributed by atoms with Crippen molar-refractivity contribution in [2.24, 2.45) is 0 Å². The number of rotatable bonds is 3. The number of benzene rings is 2. The topological polar surface area (TPSA) is 20.2 Å². The Hall–Kier alpha value is -1.12. The second-order valence-corrected chi connectivity index (χ2v) is 6.80. The van der Waals surface area contributed by atoms with Crippen LogP contribution < -0.4 is 0 Å². The van der Waals surface area contributed by atoms with Crippen molar-refractivity contribution < 1.29 is 5.11 Å². The lowest BCUT2D eigenvalue weighted by atomic mass is 9.75. The van der Waals surface area contributed by atoms with Crippen LogP contribution in [0.1, 0.15) is 42.2 Å². The van der Waals surface area contributed by atoms with Gasteiger partial charge in [-0.15, -0.1) is 0 Å². The third-order valence-corrected chi connectivity index (χ3v) is 4.90. The zero-order valence-corrected chi connectivity index (χ0v) is 14.0. The van der Waals surface area contributed by atoms with Crippen molar-refractivity contribution in [3.05, 3.63) is 69.2 Å². The zero-order chi connectivity index (χ0) is 14.9. The van der Waals surface area contributed by atoms with Crippen molar-refractivity contribution in [1.82, 2.24) is 0 Å². The molecule has 0 aliphatic carbocycles. The number of hydrogen-bond donors (Lipinski definition) is 1. The Bertz CT molecular complexity index is 602. The number of aliphatic hydroxyl groups excluding tert-OH is 1. The van der Waals surface area contributed by atoms with Crippen LogP contribution >= 0.6 is 15.9 Å². The quantitative estimate of drug-likeness (QED) is 0.831. The first-order chi connectivity index (χ1) is 9.34. The Labute approximate surface area is 129 Å². The van der Waals surface area contributed by atoms with Crippen LogP contribution in [0.5, 0.6) is 0 Å².